The molecule has 2 aromatic carbocycles. The van der Waals surface area contributed by atoms with Gasteiger partial charge in [0.15, 0.2) is 0 Å². The Labute approximate surface area is 152 Å². The summed E-state index contributed by atoms with van der Waals surface area (Å²) in [6.45, 7) is 4.01. The predicted molar refractivity (Wildman–Crippen MR) is 102 cm³/mol. The van der Waals surface area contributed by atoms with Crippen molar-refractivity contribution in [2.45, 2.75) is 6.42 Å². The molecule has 0 aliphatic carbocycles. The number of hydrogen-bond acceptors (Lipinski definition) is 3. The van der Waals surface area contributed by atoms with Gasteiger partial charge < -0.3 is 20.3 Å². The maximum absolute atomic E-state index is 11.9. The molecule has 0 aromatic heterocycles. The Hall–Kier alpha value is -2.24. The summed E-state index contributed by atoms with van der Waals surface area (Å²) in [7, 11) is 0. The highest BCUT2D eigenvalue weighted by Crippen LogP contribution is 2.17. The number of nitrogens with one attached hydrogen (secondary N) is 2. The summed E-state index contributed by atoms with van der Waals surface area (Å²) in [5.74, 6) is 0. The average Bonchev–Trinajstić information content (AvgIpc) is 2.63. The summed E-state index contributed by atoms with van der Waals surface area (Å²) >= 11 is 5.90. The highest BCUT2D eigenvalue weighted by atomic mass is 35.5. The van der Waals surface area contributed by atoms with Gasteiger partial charge in [-0.2, -0.15) is 0 Å². The molecule has 2 N–H and O–H groups in total. The highest BCUT2D eigenvalue weighted by molar-refractivity contribution is 6.30. The molecule has 1 aliphatic rings. The fraction of sp³-hybridized carbons (Fsp3) is 0.316. The summed E-state index contributed by atoms with van der Waals surface area (Å²) < 4.78 is 5.37. The lowest BCUT2D eigenvalue weighted by atomic mass is 10.1. The number of hydrogen-bond donors (Lipinski definition) is 2. The van der Waals surface area contributed by atoms with Crippen molar-refractivity contribution in [3.05, 3.63) is 59.1 Å². The summed E-state index contributed by atoms with van der Waals surface area (Å²) in [6, 6.07) is 15.3. The van der Waals surface area contributed by atoms with E-state index in [0.717, 1.165) is 32.7 Å². The van der Waals surface area contributed by atoms with Crippen LogP contribution in [0.3, 0.4) is 0 Å². The molecule has 25 heavy (non-hydrogen) atoms. The Morgan fingerprint density at radius 3 is 2.60 bits per heavy atom. The molecule has 2 amide bonds. The van der Waals surface area contributed by atoms with Gasteiger partial charge in [-0.25, -0.2) is 4.79 Å². The van der Waals surface area contributed by atoms with Crippen LogP contribution in [0.1, 0.15) is 5.56 Å². The van der Waals surface area contributed by atoms with E-state index in [1.54, 1.807) is 24.3 Å². The zero-order valence-electron chi connectivity index (χ0n) is 14.0. The van der Waals surface area contributed by atoms with Crippen LogP contribution in [-0.2, 0) is 11.2 Å². The van der Waals surface area contributed by atoms with Gasteiger partial charge in [-0.05, 0) is 42.3 Å². The molecule has 0 atom stereocenters. The van der Waals surface area contributed by atoms with Crippen molar-refractivity contribution in [1.29, 1.82) is 0 Å². The first-order valence-corrected chi connectivity index (χ1v) is 8.80. The topological polar surface area (TPSA) is 53.6 Å². The monoisotopic (exact) mass is 359 g/mol. The lowest BCUT2D eigenvalue weighted by Gasteiger charge is -2.28. The first kappa shape index (κ1) is 17.6. The van der Waals surface area contributed by atoms with E-state index in [0.29, 0.717) is 17.3 Å². The summed E-state index contributed by atoms with van der Waals surface area (Å²) in [4.78, 5) is 14.2. The molecule has 3 rings (SSSR count). The quantitative estimate of drug-likeness (QED) is 0.858. The van der Waals surface area contributed by atoms with Gasteiger partial charge in [0, 0.05) is 36.0 Å². The molecule has 1 heterocycles. The minimum Gasteiger partial charge on any atom is -0.378 e. The molecule has 0 unspecified atom stereocenters. The van der Waals surface area contributed by atoms with Crippen molar-refractivity contribution in [2.75, 3.05) is 43.1 Å². The van der Waals surface area contributed by atoms with Gasteiger partial charge in [-0.3, -0.25) is 0 Å². The summed E-state index contributed by atoms with van der Waals surface area (Å²) in [6.07, 6.45) is 0.784. The molecular formula is C19H22ClN3O2. The summed E-state index contributed by atoms with van der Waals surface area (Å²) in [5.41, 5.74) is 3.10. The van der Waals surface area contributed by atoms with Crippen LogP contribution in [0.5, 0.6) is 0 Å². The lowest BCUT2D eigenvalue weighted by Crippen LogP contribution is -2.36. The zero-order chi connectivity index (χ0) is 17.5. The van der Waals surface area contributed by atoms with E-state index >= 15 is 0 Å². The Bertz CT molecular complexity index is 700. The third-order valence-electron chi connectivity index (χ3n) is 4.09. The largest absolute Gasteiger partial charge is 0.378 e. The van der Waals surface area contributed by atoms with E-state index in [1.807, 2.05) is 0 Å². The van der Waals surface area contributed by atoms with Crippen LogP contribution in [0.4, 0.5) is 16.2 Å². The van der Waals surface area contributed by atoms with Gasteiger partial charge in [0.1, 0.15) is 0 Å². The molecule has 5 nitrogen and oxygen atoms in total. The number of nitrogens with zero attached hydrogens (tertiary/aromatic N) is 1. The first-order valence-electron chi connectivity index (χ1n) is 8.43. The second-order valence-corrected chi connectivity index (χ2v) is 6.34. The van der Waals surface area contributed by atoms with Crippen LogP contribution in [0.15, 0.2) is 48.5 Å². The number of anilines is 2. The molecule has 0 radical (unpaired) electrons. The molecular weight excluding hydrogens is 338 g/mol. The number of ether oxygens (including phenoxy) is 1. The van der Waals surface area contributed by atoms with E-state index < -0.39 is 0 Å². The Balaban J connectivity index is 1.43. The minimum absolute atomic E-state index is 0.229. The van der Waals surface area contributed by atoms with Crippen LogP contribution >= 0.6 is 11.6 Å². The van der Waals surface area contributed by atoms with Crippen molar-refractivity contribution in [1.82, 2.24) is 5.32 Å². The number of benzene rings is 2. The van der Waals surface area contributed by atoms with Crippen LogP contribution in [-0.4, -0.2) is 38.9 Å². The second-order valence-electron chi connectivity index (χ2n) is 5.91. The fourth-order valence-corrected chi connectivity index (χ4v) is 2.95. The third-order valence-corrected chi connectivity index (χ3v) is 4.33. The zero-order valence-corrected chi connectivity index (χ0v) is 14.8. The van der Waals surface area contributed by atoms with Crippen LogP contribution < -0.4 is 15.5 Å². The van der Waals surface area contributed by atoms with Crippen molar-refractivity contribution in [2.24, 2.45) is 0 Å². The van der Waals surface area contributed by atoms with Gasteiger partial charge in [-0.15, -0.1) is 0 Å². The molecule has 132 valence electrons. The smallest absolute Gasteiger partial charge is 0.319 e. The molecule has 1 aliphatic heterocycles. The number of amides is 2. The second kappa shape index (κ2) is 8.74. The van der Waals surface area contributed by atoms with E-state index in [-0.39, 0.29) is 6.03 Å². The molecule has 2 aromatic rings. The average molecular weight is 360 g/mol. The minimum atomic E-state index is -0.229. The number of halogens is 1. The van der Waals surface area contributed by atoms with Crippen molar-refractivity contribution < 1.29 is 9.53 Å². The molecule has 0 spiro atoms. The highest BCUT2D eigenvalue weighted by Gasteiger charge is 2.10. The van der Waals surface area contributed by atoms with Crippen LogP contribution in [0.2, 0.25) is 5.02 Å². The molecule has 0 bridgehead atoms. The number of urea groups is 1. The van der Waals surface area contributed by atoms with E-state index in [1.165, 1.54) is 11.3 Å². The molecule has 1 saturated heterocycles. The van der Waals surface area contributed by atoms with Crippen molar-refractivity contribution in [3.63, 3.8) is 0 Å². The van der Waals surface area contributed by atoms with Crippen LogP contribution in [0, 0.1) is 0 Å². The normalized spacial score (nSPS) is 14.2. The summed E-state index contributed by atoms with van der Waals surface area (Å²) in [5, 5.41) is 6.22. The number of rotatable bonds is 5. The predicted octanol–water partition coefficient (Wildman–Crippen LogP) is 3.54. The van der Waals surface area contributed by atoms with Gasteiger partial charge in [0.2, 0.25) is 0 Å². The standard InChI is InChI=1S/C19H22ClN3O2/c20-16-2-1-3-17(14-16)22-19(24)21-9-8-15-4-6-18(7-5-15)23-10-12-25-13-11-23/h1-7,14H,8-13H2,(H2,21,22,24). The van der Waals surface area contributed by atoms with Gasteiger partial charge >= 0.3 is 6.03 Å². The number of morpholine rings is 1. The third kappa shape index (κ3) is 5.37. The maximum atomic E-state index is 11.9. The Kier molecular flexibility index (Phi) is 6.14. The van der Waals surface area contributed by atoms with Gasteiger partial charge in [0.25, 0.3) is 0 Å². The molecule has 0 saturated carbocycles. The first-order chi connectivity index (χ1) is 12.2. The van der Waals surface area contributed by atoms with Gasteiger partial charge in [-0.1, -0.05) is 29.8 Å². The van der Waals surface area contributed by atoms with E-state index in [2.05, 4.69) is 39.8 Å². The van der Waals surface area contributed by atoms with E-state index in [9.17, 15) is 4.79 Å². The maximum Gasteiger partial charge on any atom is 0.319 e. The van der Waals surface area contributed by atoms with Crippen molar-refractivity contribution >= 4 is 29.0 Å². The Morgan fingerprint density at radius 2 is 1.88 bits per heavy atom. The van der Waals surface area contributed by atoms with Gasteiger partial charge in [0.05, 0.1) is 13.2 Å². The van der Waals surface area contributed by atoms with E-state index in [4.69, 9.17) is 16.3 Å². The van der Waals surface area contributed by atoms with Crippen LogP contribution in [0.25, 0.3) is 0 Å². The van der Waals surface area contributed by atoms with Crippen molar-refractivity contribution in [3.8, 4) is 0 Å². The number of carbonyl (C=O) groups excluding carboxylic acids is 1. The number of carbonyl (C=O) groups is 1. The SMILES string of the molecule is O=C(NCCc1ccc(N2CCOCC2)cc1)Nc1cccc(Cl)c1. The fourth-order valence-electron chi connectivity index (χ4n) is 2.76. The Morgan fingerprint density at radius 1 is 1.12 bits per heavy atom. The lowest BCUT2D eigenvalue weighted by molar-refractivity contribution is 0.122. The molecule has 6 heteroatoms. The molecule has 1 fully saturated rings.